The molecule has 0 heterocycles. The number of hydrogen-bond donors (Lipinski definition) is 2. The Morgan fingerprint density at radius 3 is 2.28 bits per heavy atom. The minimum absolute atomic E-state index is 0.0605. The second-order valence-corrected chi connectivity index (χ2v) is 7.00. The summed E-state index contributed by atoms with van der Waals surface area (Å²) in [5.41, 5.74) is 1.62. The molecular formula is C19H23N3O3. The summed E-state index contributed by atoms with van der Waals surface area (Å²) in [5, 5.41) is 21.0. The van der Waals surface area contributed by atoms with Gasteiger partial charge in [-0.05, 0) is 56.2 Å². The first kappa shape index (κ1) is 17.3. The number of urea groups is 1. The standard InChI is InChI=1S/C19H23N3O3/c20-11-13-1-3-14(4-2-13)12-22(17-9-10-17)19(25)21-16-7-5-15(6-8-16)18(23)24/h1-4,15-17H,5-10,12H2,(H,21,25)(H,23,24). The largest absolute Gasteiger partial charge is 0.481 e. The van der Waals surface area contributed by atoms with Crippen LogP contribution < -0.4 is 5.32 Å². The van der Waals surface area contributed by atoms with Crippen molar-refractivity contribution in [3.8, 4) is 6.07 Å². The summed E-state index contributed by atoms with van der Waals surface area (Å²) >= 11 is 0. The van der Waals surface area contributed by atoms with Gasteiger partial charge in [-0.3, -0.25) is 4.79 Å². The number of carboxylic acid groups (broad SMARTS) is 1. The molecule has 2 aliphatic carbocycles. The van der Waals surface area contributed by atoms with E-state index >= 15 is 0 Å². The zero-order valence-electron chi connectivity index (χ0n) is 14.1. The van der Waals surface area contributed by atoms with Gasteiger partial charge in [0.25, 0.3) is 0 Å². The second kappa shape index (κ2) is 7.56. The Labute approximate surface area is 147 Å². The molecule has 2 fully saturated rings. The lowest BCUT2D eigenvalue weighted by Crippen LogP contribution is -2.47. The number of carboxylic acids is 1. The molecule has 6 nitrogen and oxygen atoms in total. The fraction of sp³-hybridized carbons (Fsp3) is 0.526. The summed E-state index contributed by atoms with van der Waals surface area (Å²) in [6, 6.07) is 9.69. The Balaban J connectivity index is 1.56. The van der Waals surface area contributed by atoms with Gasteiger partial charge in [0, 0.05) is 18.6 Å². The maximum Gasteiger partial charge on any atom is 0.318 e. The third kappa shape index (κ3) is 4.50. The molecule has 2 aliphatic rings. The first-order chi connectivity index (χ1) is 12.1. The van der Waals surface area contributed by atoms with Crippen molar-refractivity contribution in [3.05, 3.63) is 35.4 Å². The predicted octanol–water partition coefficient (Wildman–Crippen LogP) is 2.88. The van der Waals surface area contributed by atoms with Crippen LogP contribution in [-0.2, 0) is 11.3 Å². The molecule has 2 N–H and O–H groups in total. The zero-order chi connectivity index (χ0) is 17.8. The Morgan fingerprint density at radius 2 is 1.76 bits per heavy atom. The summed E-state index contributed by atoms with van der Waals surface area (Å²) in [5.74, 6) is -1.00. The van der Waals surface area contributed by atoms with Crippen LogP contribution >= 0.6 is 0 Å². The molecule has 0 bridgehead atoms. The number of amides is 2. The van der Waals surface area contributed by atoms with E-state index in [9.17, 15) is 9.59 Å². The number of carbonyl (C=O) groups is 2. The maximum atomic E-state index is 12.7. The van der Waals surface area contributed by atoms with Crippen LogP contribution in [0.4, 0.5) is 4.79 Å². The molecule has 1 aromatic carbocycles. The summed E-state index contributed by atoms with van der Waals surface area (Å²) in [6.07, 6.45) is 4.74. The van der Waals surface area contributed by atoms with E-state index in [0.29, 0.717) is 24.9 Å². The lowest BCUT2D eigenvalue weighted by molar-refractivity contribution is -0.142. The van der Waals surface area contributed by atoms with Crippen LogP contribution in [-0.4, -0.2) is 34.1 Å². The van der Waals surface area contributed by atoms with Gasteiger partial charge >= 0.3 is 12.0 Å². The van der Waals surface area contributed by atoms with Gasteiger partial charge in [0.1, 0.15) is 0 Å². The Bertz CT molecular complexity index is 668. The highest BCUT2D eigenvalue weighted by molar-refractivity contribution is 5.75. The van der Waals surface area contributed by atoms with E-state index < -0.39 is 5.97 Å². The van der Waals surface area contributed by atoms with Gasteiger partial charge in [-0.25, -0.2) is 4.79 Å². The molecule has 1 aromatic rings. The first-order valence-electron chi connectivity index (χ1n) is 8.86. The van der Waals surface area contributed by atoms with Crippen LogP contribution in [0.2, 0.25) is 0 Å². The van der Waals surface area contributed by atoms with Gasteiger partial charge in [0.05, 0.1) is 17.6 Å². The summed E-state index contributed by atoms with van der Waals surface area (Å²) in [6.45, 7) is 0.534. The first-order valence-corrected chi connectivity index (χ1v) is 8.86. The van der Waals surface area contributed by atoms with E-state index in [1.54, 1.807) is 12.1 Å². The van der Waals surface area contributed by atoms with Crippen molar-refractivity contribution in [3.63, 3.8) is 0 Å². The SMILES string of the molecule is N#Cc1ccc(CN(C(=O)NC2CCC(C(=O)O)CC2)C2CC2)cc1. The van der Waals surface area contributed by atoms with E-state index in [2.05, 4.69) is 11.4 Å². The number of carbonyl (C=O) groups excluding carboxylic acids is 1. The van der Waals surface area contributed by atoms with Crippen LogP contribution in [0.5, 0.6) is 0 Å². The molecule has 0 aromatic heterocycles. The smallest absolute Gasteiger partial charge is 0.318 e. The molecule has 25 heavy (non-hydrogen) atoms. The van der Waals surface area contributed by atoms with Crippen LogP contribution in [0.25, 0.3) is 0 Å². The molecule has 132 valence electrons. The molecule has 2 saturated carbocycles. The average molecular weight is 341 g/mol. The minimum atomic E-state index is -0.731. The zero-order valence-corrected chi connectivity index (χ0v) is 14.1. The summed E-state index contributed by atoms with van der Waals surface area (Å²) in [7, 11) is 0. The molecule has 6 heteroatoms. The van der Waals surface area contributed by atoms with Crippen molar-refractivity contribution in [1.29, 1.82) is 5.26 Å². The highest BCUT2D eigenvalue weighted by Crippen LogP contribution is 2.29. The fourth-order valence-electron chi connectivity index (χ4n) is 3.38. The monoisotopic (exact) mass is 341 g/mol. The van der Waals surface area contributed by atoms with E-state index in [-0.39, 0.29) is 24.0 Å². The molecular weight excluding hydrogens is 318 g/mol. The van der Waals surface area contributed by atoms with Crippen molar-refractivity contribution < 1.29 is 14.7 Å². The quantitative estimate of drug-likeness (QED) is 0.861. The Hall–Kier alpha value is -2.55. The van der Waals surface area contributed by atoms with Gasteiger partial charge in [0.2, 0.25) is 0 Å². The van der Waals surface area contributed by atoms with Gasteiger partial charge in [-0.2, -0.15) is 5.26 Å². The van der Waals surface area contributed by atoms with Crippen molar-refractivity contribution in [2.75, 3.05) is 0 Å². The van der Waals surface area contributed by atoms with Gasteiger partial charge in [-0.15, -0.1) is 0 Å². The molecule has 0 atom stereocenters. The highest BCUT2D eigenvalue weighted by Gasteiger charge is 2.34. The van der Waals surface area contributed by atoms with E-state index in [0.717, 1.165) is 31.2 Å². The minimum Gasteiger partial charge on any atom is -0.481 e. The van der Waals surface area contributed by atoms with Crippen molar-refractivity contribution in [2.24, 2.45) is 5.92 Å². The maximum absolute atomic E-state index is 12.7. The van der Waals surface area contributed by atoms with Gasteiger partial charge < -0.3 is 15.3 Å². The lowest BCUT2D eigenvalue weighted by atomic mass is 9.86. The van der Waals surface area contributed by atoms with Crippen molar-refractivity contribution >= 4 is 12.0 Å². The second-order valence-electron chi connectivity index (χ2n) is 7.00. The summed E-state index contributed by atoms with van der Waals surface area (Å²) < 4.78 is 0. The van der Waals surface area contributed by atoms with E-state index in [1.165, 1.54) is 0 Å². The number of hydrogen-bond acceptors (Lipinski definition) is 3. The molecule has 0 saturated heterocycles. The van der Waals surface area contributed by atoms with Crippen LogP contribution in [0, 0.1) is 17.2 Å². The average Bonchev–Trinajstić information content (AvgIpc) is 3.45. The normalized spacial score (nSPS) is 22.7. The molecule has 2 amide bonds. The highest BCUT2D eigenvalue weighted by atomic mass is 16.4. The lowest BCUT2D eigenvalue weighted by Gasteiger charge is -2.30. The third-order valence-corrected chi connectivity index (χ3v) is 5.09. The molecule has 0 aliphatic heterocycles. The van der Waals surface area contributed by atoms with Crippen LogP contribution in [0.15, 0.2) is 24.3 Å². The number of nitriles is 1. The Morgan fingerprint density at radius 1 is 1.12 bits per heavy atom. The van der Waals surface area contributed by atoms with Crippen LogP contribution in [0.1, 0.15) is 49.7 Å². The van der Waals surface area contributed by atoms with E-state index in [1.807, 2.05) is 17.0 Å². The fourth-order valence-corrected chi connectivity index (χ4v) is 3.38. The summed E-state index contributed by atoms with van der Waals surface area (Å²) in [4.78, 5) is 25.6. The third-order valence-electron chi connectivity index (χ3n) is 5.09. The molecule has 0 spiro atoms. The van der Waals surface area contributed by atoms with Gasteiger partial charge in [-0.1, -0.05) is 12.1 Å². The number of nitrogens with one attached hydrogen (secondary N) is 1. The molecule has 0 unspecified atom stereocenters. The topological polar surface area (TPSA) is 93.4 Å². The number of rotatable bonds is 5. The number of nitrogens with zero attached hydrogens (tertiary/aromatic N) is 2. The van der Waals surface area contributed by atoms with E-state index in [4.69, 9.17) is 10.4 Å². The number of benzene rings is 1. The van der Waals surface area contributed by atoms with Crippen LogP contribution in [0.3, 0.4) is 0 Å². The number of aliphatic carboxylic acids is 1. The van der Waals surface area contributed by atoms with Crippen molar-refractivity contribution in [2.45, 2.75) is 57.2 Å². The molecule has 0 radical (unpaired) electrons. The van der Waals surface area contributed by atoms with Crippen molar-refractivity contribution in [1.82, 2.24) is 10.2 Å². The van der Waals surface area contributed by atoms with Gasteiger partial charge in [0.15, 0.2) is 0 Å². The predicted molar refractivity (Wildman–Crippen MR) is 91.6 cm³/mol. The Kier molecular flexibility index (Phi) is 5.22. The molecule has 3 rings (SSSR count).